The summed E-state index contributed by atoms with van der Waals surface area (Å²) in [5.74, 6) is -1.81. The second kappa shape index (κ2) is 11.3. The van der Waals surface area contributed by atoms with Gasteiger partial charge < -0.3 is 15.7 Å². The third kappa shape index (κ3) is 8.41. The van der Waals surface area contributed by atoms with E-state index >= 15 is 0 Å². The maximum Gasteiger partial charge on any atom is 0.405 e. The molecule has 0 aliphatic carbocycles. The standard InChI is InChI=1S/C16H25N5O6S/c1-21(2)28(26,27)19-9-4-3-7-13(20-16(24)25)14(22)15(23)18-11-12-6-5-8-17-10-12/h5-6,8,10,13,19-20H,3-4,7,9,11H2,1-2H3,(H,18,23)(H,24,25). The molecule has 12 heteroatoms. The molecule has 0 aliphatic rings. The highest BCUT2D eigenvalue weighted by atomic mass is 32.2. The first-order valence-electron chi connectivity index (χ1n) is 8.51. The molecule has 0 aromatic carbocycles. The van der Waals surface area contributed by atoms with Gasteiger partial charge in [0.15, 0.2) is 0 Å². The van der Waals surface area contributed by atoms with Crippen molar-refractivity contribution in [3.63, 3.8) is 0 Å². The molecule has 1 atom stereocenters. The number of carbonyl (C=O) groups is 3. The molecule has 1 aromatic rings. The van der Waals surface area contributed by atoms with Gasteiger partial charge in [-0.3, -0.25) is 14.6 Å². The lowest BCUT2D eigenvalue weighted by molar-refractivity contribution is -0.139. The Morgan fingerprint density at radius 3 is 2.54 bits per heavy atom. The van der Waals surface area contributed by atoms with Crippen molar-refractivity contribution in [3.8, 4) is 0 Å². The molecule has 28 heavy (non-hydrogen) atoms. The van der Waals surface area contributed by atoms with Crippen LogP contribution >= 0.6 is 0 Å². The van der Waals surface area contributed by atoms with Gasteiger partial charge in [-0.15, -0.1) is 0 Å². The first-order chi connectivity index (χ1) is 13.1. The van der Waals surface area contributed by atoms with Crippen LogP contribution in [0.5, 0.6) is 0 Å². The fourth-order valence-electron chi connectivity index (χ4n) is 2.15. The molecular weight excluding hydrogens is 390 g/mol. The number of unbranched alkanes of at least 4 members (excludes halogenated alkanes) is 1. The van der Waals surface area contributed by atoms with Crippen molar-refractivity contribution < 1.29 is 27.9 Å². The van der Waals surface area contributed by atoms with E-state index in [1.807, 2.05) is 5.32 Å². The summed E-state index contributed by atoms with van der Waals surface area (Å²) < 4.78 is 26.5. The van der Waals surface area contributed by atoms with Crippen LogP contribution in [0.4, 0.5) is 4.79 Å². The van der Waals surface area contributed by atoms with Gasteiger partial charge in [0.1, 0.15) is 6.04 Å². The van der Waals surface area contributed by atoms with Gasteiger partial charge in [0.2, 0.25) is 5.78 Å². The van der Waals surface area contributed by atoms with Crippen LogP contribution in [-0.2, 0) is 26.3 Å². The van der Waals surface area contributed by atoms with E-state index in [9.17, 15) is 22.8 Å². The van der Waals surface area contributed by atoms with Crippen LogP contribution in [0, 0.1) is 0 Å². The quantitative estimate of drug-likeness (QED) is 0.264. The monoisotopic (exact) mass is 415 g/mol. The zero-order valence-electron chi connectivity index (χ0n) is 15.7. The van der Waals surface area contributed by atoms with Crippen molar-refractivity contribution in [2.45, 2.75) is 31.8 Å². The number of ketones is 1. The number of Topliss-reactive ketones (excluding diaryl/α,β-unsaturated/α-hetero) is 1. The third-order valence-corrected chi connectivity index (χ3v) is 5.23. The van der Waals surface area contributed by atoms with E-state index in [0.29, 0.717) is 18.4 Å². The Bertz CT molecular complexity index is 769. The van der Waals surface area contributed by atoms with Crippen LogP contribution in [0.1, 0.15) is 24.8 Å². The van der Waals surface area contributed by atoms with E-state index in [2.05, 4.69) is 15.0 Å². The van der Waals surface area contributed by atoms with Crippen molar-refractivity contribution in [1.29, 1.82) is 0 Å². The zero-order chi connectivity index (χ0) is 21.2. The minimum atomic E-state index is -3.54. The highest BCUT2D eigenvalue weighted by molar-refractivity contribution is 7.87. The lowest BCUT2D eigenvalue weighted by atomic mass is 10.0. The summed E-state index contributed by atoms with van der Waals surface area (Å²) >= 11 is 0. The van der Waals surface area contributed by atoms with Gasteiger partial charge in [-0.1, -0.05) is 6.07 Å². The molecule has 1 heterocycles. The molecule has 0 radical (unpaired) electrons. The fourth-order valence-corrected chi connectivity index (χ4v) is 2.81. The molecule has 0 saturated heterocycles. The summed E-state index contributed by atoms with van der Waals surface area (Å²) in [7, 11) is -0.770. The Morgan fingerprint density at radius 2 is 1.96 bits per heavy atom. The number of nitrogens with zero attached hydrogens (tertiary/aromatic N) is 2. The molecular formula is C16H25N5O6S. The first-order valence-corrected chi connectivity index (χ1v) is 9.95. The number of carboxylic acid groups (broad SMARTS) is 1. The summed E-state index contributed by atoms with van der Waals surface area (Å²) in [6.07, 6.45) is 2.45. The van der Waals surface area contributed by atoms with E-state index in [1.54, 1.807) is 18.3 Å². The Kier molecular flexibility index (Phi) is 9.48. The average molecular weight is 415 g/mol. The largest absolute Gasteiger partial charge is 0.465 e. The van der Waals surface area contributed by atoms with Crippen molar-refractivity contribution in [1.82, 2.24) is 24.6 Å². The van der Waals surface area contributed by atoms with Crippen molar-refractivity contribution in [2.24, 2.45) is 0 Å². The first kappa shape index (κ1) is 23.5. The van der Waals surface area contributed by atoms with E-state index in [0.717, 1.165) is 4.31 Å². The van der Waals surface area contributed by atoms with Gasteiger partial charge >= 0.3 is 6.09 Å². The molecule has 4 N–H and O–H groups in total. The fraction of sp³-hybridized carbons (Fsp3) is 0.500. The molecule has 156 valence electrons. The lowest BCUT2D eigenvalue weighted by Crippen LogP contribution is -2.47. The smallest absolute Gasteiger partial charge is 0.405 e. The number of pyridine rings is 1. The SMILES string of the molecule is CN(C)S(=O)(=O)NCCCCC(NC(=O)O)C(=O)C(=O)NCc1cccnc1. The highest BCUT2D eigenvalue weighted by Gasteiger charge is 2.26. The van der Waals surface area contributed by atoms with E-state index in [4.69, 9.17) is 5.11 Å². The van der Waals surface area contributed by atoms with Crippen molar-refractivity contribution in [3.05, 3.63) is 30.1 Å². The van der Waals surface area contributed by atoms with Crippen LogP contribution < -0.4 is 15.4 Å². The van der Waals surface area contributed by atoms with Crippen LogP contribution in [0.15, 0.2) is 24.5 Å². The summed E-state index contributed by atoms with van der Waals surface area (Å²) in [6.45, 7) is 0.215. The Labute approximate surface area is 163 Å². The molecule has 2 amide bonds. The van der Waals surface area contributed by atoms with Gasteiger partial charge in [-0.05, 0) is 30.9 Å². The van der Waals surface area contributed by atoms with Gasteiger partial charge in [0.05, 0.1) is 0 Å². The van der Waals surface area contributed by atoms with Gasteiger partial charge in [0, 0.05) is 39.6 Å². The Morgan fingerprint density at radius 1 is 1.25 bits per heavy atom. The maximum absolute atomic E-state index is 12.2. The Balaban J connectivity index is 2.50. The summed E-state index contributed by atoms with van der Waals surface area (Å²) in [4.78, 5) is 39.1. The predicted octanol–water partition coefficient (Wildman–Crippen LogP) is -0.531. The highest BCUT2D eigenvalue weighted by Crippen LogP contribution is 2.04. The topological polar surface area (TPSA) is 158 Å². The molecule has 0 aliphatic heterocycles. The van der Waals surface area contributed by atoms with Gasteiger partial charge in [0.25, 0.3) is 16.1 Å². The molecule has 1 aromatic heterocycles. The summed E-state index contributed by atoms with van der Waals surface area (Å²) in [5.41, 5.74) is 0.694. The number of hydrogen-bond donors (Lipinski definition) is 4. The summed E-state index contributed by atoms with van der Waals surface area (Å²) in [5, 5.41) is 13.4. The number of hydrogen-bond acceptors (Lipinski definition) is 6. The average Bonchev–Trinajstić information content (AvgIpc) is 2.64. The second-order valence-electron chi connectivity index (χ2n) is 6.09. The van der Waals surface area contributed by atoms with Gasteiger partial charge in [-0.25, -0.2) is 9.52 Å². The lowest BCUT2D eigenvalue weighted by Gasteiger charge is -2.16. The molecule has 0 saturated carbocycles. The van der Waals surface area contributed by atoms with Crippen molar-refractivity contribution >= 4 is 28.0 Å². The summed E-state index contributed by atoms with van der Waals surface area (Å²) in [6, 6.07) is 2.19. The minimum absolute atomic E-state index is 0.0646. The molecule has 11 nitrogen and oxygen atoms in total. The maximum atomic E-state index is 12.2. The normalized spacial score (nSPS) is 12.4. The van der Waals surface area contributed by atoms with Crippen LogP contribution in [0.25, 0.3) is 0 Å². The second-order valence-corrected chi connectivity index (χ2v) is 8.06. The van der Waals surface area contributed by atoms with Crippen LogP contribution in [-0.4, -0.2) is 67.3 Å². The number of carbonyl (C=O) groups excluding carboxylic acids is 2. The van der Waals surface area contributed by atoms with Gasteiger partial charge in [-0.2, -0.15) is 12.7 Å². The number of aromatic nitrogens is 1. The third-order valence-electron chi connectivity index (χ3n) is 3.70. The molecule has 1 rings (SSSR count). The number of amides is 2. The van der Waals surface area contributed by atoms with E-state index in [1.165, 1.54) is 20.3 Å². The molecule has 0 bridgehead atoms. The van der Waals surface area contributed by atoms with E-state index in [-0.39, 0.29) is 19.5 Å². The zero-order valence-corrected chi connectivity index (χ0v) is 16.5. The number of nitrogens with one attached hydrogen (secondary N) is 3. The van der Waals surface area contributed by atoms with E-state index < -0.39 is 34.0 Å². The molecule has 1 unspecified atom stereocenters. The van der Waals surface area contributed by atoms with Crippen LogP contribution in [0.2, 0.25) is 0 Å². The van der Waals surface area contributed by atoms with Crippen LogP contribution in [0.3, 0.4) is 0 Å². The predicted molar refractivity (Wildman–Crippen MR) is 100 cm³/mol. The molecule has 0 spiro atoms. The minimum Gasteiger partial charge on any atom is -0.465 e. The Hall–Kier alpha value is -2.57. The number of rotatable bonds is 12. The van der Waals surface area contributed by atoms with Crippen molar-refractivity contribution in [2.75, 3.05) is 20.6 Å². The molecule has 0 fully saturated rings.